The van der Waals surface area contributed by atoms with Gasteiger partial charge in [-0.2, -0.15) is 11.8 Å². The van der Waals surface area contributed by atoms with Crippen LogP contribution in [-0.2, 0) is 4.79 Å². The molecule has 0 aliphatic carbocycles. The highest BCUT2D eigenvalue weighted by Gasteiger charge is 2.05. The number of anilines is 1. The average Bonchev–Trinajstić information content (AvgIpc) is 2.28. The van der Waals surface area contributed by atoms with E-state index in [1.165, 1.54) is 0 Å². The Hall–Kier alpha value is -0.270. The van der Waals surface area contributed by atoms with Gasteiger partial charge in [0.05, 0.1) is 5.75 Å². The standard InChI is InChI=1S/C12H16INO2S/c1-9(6-15)7-17-8-12(16)14-11-4-2-3-10(13)5-11/h2-5,9,15H,6-8H2,1H3,(H,14,16). The van der Waals surface area contributed by atoms with Crippen LogP contribution in [-0.4, -0.2) is 29.1 Å². The van der Waals surface area contributed by atoms with Crippen molar-refractivity contribution in [3.8, 4) is 0 Å². The monoisotopic (exact) mass is 365 g/mol. The van der Waals surface area contributed by atoms with Gasteiger partial charge >= 0.3 is 0 Å². The topological polar surface area (TPSA) is 49.3 Å². The van der Waals surface area contributed by atoms with E-state index in [0.717, 1.165) is 15.0 Å². The highest BCUT2D eigenvalue weighted by atomic mass is 127. The summed E-state index contributed by atoms with van der Waals surface area (Å²) in [5.41, 5.74) is 0.831. The Labute approximate surface area is 120 Å². The summed E-state index contributed by atoms with van der Waals surface area (Å²) in [6.07, 6.45) is 0. The number of aliphatic hydroxyl groups is 1. The largest absolute Gasteiger partial charge is 0.396 e. The minimum atomic E-state index is 0.00198. The van der Waals surface area contributed by atoms with Gasteiger partial charge in [0.15, 0.2) is 0 Å². The van der Waals surface area contributed by atoms with Crippen LogP contribution < -0.4 is 5.32 Å². The molecule has 0 aromatic heterocycles. The second-order valence-electron chi connectivity index (χ2n) is 3.86. The summed E-state index contributed by atoms with van der Waals surface area (Å²) in [6.45, 7) is 2.13. The molecule has 0 heterocycles. The van der Waals surface area contributed by atoms with Crippen molar-refractivity contribution in [3.63, 3.8) is 0 Å². The zero-order chi connectivity index (χ0) is 12.7. The Morgan fingerprint density at radius 3 is 3.00 bits per heavy atom. The average molecular weight is 365 g/mol. The molecule has 17 heavy (non-hydrogen) atoms. The molecule has 0 radical (unpaired) electrons. The number of hydrogen-bond acceptors (Lipinski definition) is 3. The first-order valence-corrected chi connectivity index (χ1v) is 7.59. The van der Waals surface area contributed by atoms with Crippen LogP contribution in [0.15, 0.2) is 24.3 Å². The van der Waals surface area contributed by atoms with Gasteiger partial charge in [-0.3, -0.25) is 4.79 Å². The molecular weight excluding hydrogens is 349 g/mol. The van der Waals surface area contributed by atoms with Gasteiger partial charge in [0.1, 0.15) is 0 Å². The van der Waals surface area contributed by atoms with Gasteiger partial charge < -0.3 is 10.4 Å². The predicted octanol–water partition coefficient (Wildman–Crippen LogP) is 2.59. The normalized spacial score (nSPS) is 12.2. The Kier molecular flexibility index (Phi) is 6.91. The van der Waals surface area contributed by atoms with Gasteiger partial charge in [0.2, 0.25) is 5.91 Å². The van der Waals surface area contributed by atoms with E-state index in [0.29, 0.717) is 5.75 Å². The molecule has 1 unspecified atom stereocenters. The van der Waals surface area contributed by atoms with Gasteiger partial charge in [0, 0.05) is 15.9 Å². The molecule has 2 N–H and O–H groups in total. The first-order valence-electron chi connectivity index (χ1n) is 5.36. The number of thioether (sulfide) groups is 1. The summed E-state index contributed by atoms with van der Waals surface area (Å²) in [7, 11) is 0. The number of halogens is 1. The molecule has 0 saturated carbocycles. The summed E-state index contributed by atoms with van der Waals surface area (Å²) in [5, 5.41) is 11.7. The minimum absolute atomic E-state index is 0.00198. The third-order valence-electron chi connectivity index (χ3n) is 2.06. The van der Waals surface area contributed by atoms with Crippen LogP contribution in [0.4, 0.5) is 5.69 Å². The summed E-state index contributed by atoms with van der Waals surface area (Å²) in [6, 6.07) is 7.70. The predicted molar refractivity (Wildman–Crippen MR) is 81.4 cm³/mol. The molecule has 1 aromatic carbocycles. The van der Waals surface area contributed by atoms with Crippen molar-refractivity contribution >= 4 is 45.9 Å². The van der Waals surface area contributed by atoms with Crippen LogP contribution >= 0.6 is 34.4 Å². The fourth-order valence-corrected chi connectivity index (χ4v) is 2.60. The van der Waals surface area contributed by atoms with Gasteiger partial charge in [-0.15, -0.1) is 0 Å². The summed E-state index contributed by atoms with van der Waals surface area (Å²) in [4.78, 5) is 11.6. The molecule has 0 saturated heterocycles. The maximum atomic E-state index is 11.6. The number of aliphatic hydroxyl groups excluding tert-OH is 1. The molecule has 1 atom stereocenters. The van der Waals surface area contributed by atoms with E-state index in [-0.39, 0.29) is 18.4 Å². The second kappa shape index (κ2) is 7.94. The molecule has 1 amide bonds. The van der Waals surface area contributed by atoms with Gasteiger partial charge in [0.25, 0.3) is 0 Å². The second-order valence-corrected chi connectivity index (χ2v) is 6.14. The van der Waals surface area contributed by atoms with E-state index in [9.17, 15) is 4.79 Å². The number of nitrogens with one attached hydrogen (secondary N) is 1. The summed E-state index contributed by atoms with van der Waals surface area (Å²) in [5.74, 6) is 1.47. The molecule has 0 aliphatic heterocycles. The molecule has 1 rings (SSSR count). The highest BCUT2D eigenvalue weighted by molar-refractivity contribution is 14.1. The molecule has 0 fully saturated rings. The van der Waals surface area contributed by atoms with E-state index in [1.54, 1.807) is 11.8 Å². The third-order valence-corrected chi connectivity index (χ3v) is 4.00. The number of carbonyl (C=O) groups is 1. The number of rotatable bonds is 6. The molecule has 0 spiro atoms. The van der Waals surface area contributed by atoms with Crippen molar-refractivity contribution in [1.82, 2.24) is 0 Å². The summed E-state index contributed by atoms with van der Waals surface area (Å²) < 4.78 is 1.10. The van der Waals surface area contributed by atoms with Crippen LogP contribution in [0.1, 0.15) is 6.92 Å². The molecule has 0 bridgehead atoms. The lowest BCUT2D eigenvalue weighted by atomic mass is 10.2. The van der Waals surface area contributed by atoms with Gasteiger partial charge in [-0.05, 0) is 52.5 Å². The van der Waals surface area contributed by atoms with E-state index in [4.69, 9.17) is 5.11 Å². The molecule has 1 aromatic rings. The minimum Gasteiger partial charge on any atom is -0.396 e. The van der Waals surface area contributed by atoms with Crippen molar-refractivity contribution in [2.75, 3.05) is 23.4 Å². The van der Waals surface area contributed by atoms with Crippen LogP contribution in [0, 0.1) is 9.49 Å². The Bertz CT molecular complexity index is 373. The third kappa shape index (κ3) is 6.28. The zero-order valence-electron chi connectivity index (χ0n) is 9.65. The van der Waals surface area contributed by atoms with E-state index in [2.05, 4.69) is 27.9 Å². The lowest BCUT2D eigenvalue weighted by Crippen LogP contribution is -2.15. The first-order chi connectivity index (χ1) is 8.11. The fraction of sp³-hybridized carbons (Fsp3) is 0.417. The van der Waals surface area contributed by atoms with Crippen LogP contribution in [0.5, 0.6) is 0 Å². The first kappa shape index (κ1) is 14.8. The lowest BCUT2D eigenvalue weighted by Gasteiger charge is -2.08. The SMILES string of the molecule is CC(CO)CSCC(=O)Nc1cccc(I)c1. The summed E-state index contributed by atoms with van der Waals surface area (Å²) >= 11 is 3.75. The molecular formula is C12H16INO2S. The van der Waals surface area contributed by atoms with Crippen molar-refractivity contribution in [3.05, 3.63) is 27.8 Å². The van der Waals surface area contributed by atoms with E-state index < -0.39 is 0 Å². The quantitative estimate of drug-likeness (QED) is 0.762. The Balaban J connectivity index is 2.30. The number of hydrogen-bond donors (Lipinski definition) is 2. The van der Waals surface area contributed by atoms with Crippen LogP contribution in [0.25, 0.3) is 0 Å². The van der Waals surface area contributed by atoms with Crippen LogP contribution in [0.2, 0.25) is 0 Å². The molecule has 0 aliphatic rings. The lowest BCUT2D eigenvalue weighted by molar-refractivity contribution is -0.113. The zero-order valence-corrected chi connectivity index (χ0v) is 12.6. The number of benzene rings is 1. The van der Waals surface area contributed by atoms with Crippen molar-refractivity contribution in [2.24, 2.45) is 5.92 Å². The van der Waals surface area contributed by atoms with Gasteiger partial charge in [-0.25, -0.2) is 0 Å². The van der Waals surface area contributed by atoms with Crippen molar-refractivity contribution < 1.29 is 9.90 Å². The Morgan fingerprint density at radius 1 is 1.59 bits per heavy atom. The van der Waals surface area contributed by atoms with Crippen molar-refractivity contribution in [2.45, 2.75) is 6.92 Å². The van der Waals surface area contributed by atoms with Crippen molar-refractivity contribution in [1.29, 1.82) is 0 Å². The smallest absolute Gasteiger partial charge is 0.234 e. The Morgan fingerprint density at radius 2 is 2.35 bits per heavy atom. The molecule has 94 valence electrons. The maximum absolute atomic E-state index is 11.6. The van der Waals surface area contributed by atoms with Crippen LogP contribution in [0.3, 0.4) is 0 Å². The maximum Gasteiger partial charge on any atom is 0.234 e. The molecule has 5 heteroatoms. The highest BCUT2D eigenvalue weighted by Crippen LogP contribution is 2.13. The van der Waals surface area contributed by atoms with E-state index in [1.807, 2.05) is 31.2 Å². The number of carbonyl (C=O) groups excluding carboxylic acids is 1. The molecule has 3 nitrogen and oxygen atoms in total. The number of amides is 1. The van der Waals surface area contributed by atoms with Gasteiger partial charge in [-0.1, -0.05) is 13.0 Å². The van der Waals surface area contributed by atoms with E-state index >= 15 is 0 Å². The fourth-order valence-electron chi connectivity index (χ4n) is 1.17.